The van der Waals surface area contributed by atoms with Crippen molar-refractivity contribution in [1.82, 2.24) is 0 Å². The fourth-order valence-electron chi connectivity index (χ4n) is 10.5. The Balaban J connectivity index is 1.38. The van der Waals surface area contributed by atoms with E-state index in [9.17, 15) is 14.9 Å². The average Bonchev–Trinajstić information content (AvgIpc) is 3.21. The van der Waals surface area contributed by atoms with Gasteiger partial charge in [0.05, 0.1) is 10.8 Å². The van der Waals surface area contributed by atoms with E-state index in [0.29, 0.717) is 23.3 Å². The number of benzene rings is 1. The van der Waals surface area contributed by atoms with Crippen molar-refractivity contribution in [3.63, 3.8) is 0 Å². The van der Waals surface area contributed by atoms with Crippen molar-refractivity contribution in [2.24, 2.45) is 52.3 Å². The lowest BCUT2D eigenvalue weighted by atomic mass is 9.42. The average molecular weight is 508 g/mol. The Labute approximate surface area is 224 Å². The molecule has 0 spiro atoms. The number of nitro benzene ring substituents is 1. The summed E-state index contributed by atoms with van der Waals surface area (Å²) in [5.41, 5.74) is 1.37. The van der Waals surface area contributed by atoms with Gasteiger partial charge in [0.15, 0.2) is 0 Å². The van der Waals surface area contributed by atoms with Crippen molar-refractivity contribution in [3.05, 3.63) is 39.9 Å². The summed E-state index contributed by atoms with van der Waals surface area (Å²) >= 11 is 0. The summed E-state index contributed by atoms with van der Waals surface area (Å²) < 4.78 is 0. The van der Waals surface area contributed by atoms with Crippen LogP contribution in [0.5, 0.6) is 0 Å². The molecule has 4 saturated carbocycles. The number of ketones is 1. The molecule has 0 aromatic heterocycles. The monoisotopic (exact) mass is 507 g/mol. The van der Waals surface area contributed by atoms with Gasteiger partial charge in [-0.1, -0.05) is 72.1 Å². The molecule has 0 heterocycles. The highest BCUT2D eigenvalue weighted by Gasteiger charge is 2.62. The summed E-state index contributed by atoms with van der Waals surface area (Å²) in [6.07, 6.45) is 13.2. The molecule has 4 aliphatic rings. The summed E-state index contributed by atoms with van der Waals surface area (Å²) in [5, 5.41) is 11.9. The van der Waals surface area contributed by atoms with Gasteiger partial charge in [-0.05, 0) is 97.2 Å². The summed E-state index contributed by atoms with van der Waals surface area (Å²) in [6, 6.07) is 7.06. The number of Topliss-reactive ketones (excluding diaryl/α,β-unsaturated/α-hetero) is 1. The van der Waals surface area contributed by atoms with Crippen LogP contribution >= 0.6 is 0 Å². The molecule has 0 bridgehead atoms. The van der Waals surface area contributed by atoms with Gasteiger partial charge in [-0.15, -0.1) is 0 Å². The fourth-order valence-corrected chi connectivity index (χ4v) is 10.5. The van der Waals surface area contributed by atoms with E-state index in [1.165, 1.54) is 51.4 Å². The van der Waals surface area contributed by atoms with Crippen molar-refractivity contribution >= 4 is 11.5 Å². The Morgan fingerprint density at radius 3 is 2.35 bits per heavy atom. The first-order valence-electron chi connectivity index (χ1n) is 15.3. The molecule has 5 rings (SSSR count). The highest BCUT2D eigenvalue weighted by molar-refractivity contribution is 5.88. The van der Waals surface area contributed by atoms with Crippen LogP contribution in [-0.2, 0) is 4.79 Å². The fraction of sp³-hybridized carbons (Fsp3) is 0.788. The second kappa shape index (κ2) is 10.1. The Bertz CT molecular complexity index is 1020. The molecule has 204 valence electrons. The third kappa shape index (κ3) is 4.48. The van der Waals surface area contributed by atoms with E-state index in [-0.39, 0.29) is 33.6 Å². The molecule has 4 nitrogen and oxygen atoms in total. The second-order valence-corrected chi connectivity index (χ2v) is 14.4. The number of hydrogen-bond donors (Lipinski definition) is 0. The maximum Gasteiger partial charge on any atom is 0.273 e. The minimum atomic E-state index is -0.313. The van der Waals surface area contributed by atoms with Gasteiger partial charge >= 0.3 is 0 Å². The molecule has 0 aliphatic heterocycles. The van der Waals surface area contributed by atoms with Crippen LogP contribution in [0.25, 0.3) is 0 Å². The summed E-state index contributed by atoms with van der Waals surface area (Å²) in [5.74, 6) is 4.82. The van der Waals surface area contributed by atoms with Crippen molar-refractivity contribution in [3.8, 4) is 0 Å². The zero-order valence-electron chi connectivity index (χ0n) is 23.9. The minimum absolute atomic E-state index is 0.105. The molecule has 37 heavy (non-hydrogen) atoms. The van der Waals surface area contributed by atoms with Crippen LogP contribution in [0.4, 0.5) is 5.69 Å². The van der Waals surface area contributed by atoms with Crippen molar-refractivity contribution in [1.29, 1.82) is 0 Å². The number of hydrogen-bond acceptors (Lipinski definition) is 3. The molecule has 4 fully saturated rings. The summed E-state index contributed by atoms with van der Waals surface area (Å²) in [4.78, 5) is 25.0. The van der Waals surface area contributed by atoms with Gasteiger partial charge in [-0.2, -0.15) is 0 Å². The number of carbonyl (C=O) groups is 1. The second-order valence-electron chi connectivity index (χ2n) is 14.4. The minimum Gasteiger partial charge on any atom is -0.299 e. The first kappa shape index (κ1) is 26.9. The molecular weight excluding hydrogens is 458 g/mol. The van der Waals surface area contributed by atoms with Gasteiger partial charge in [-0.25, -0.2) is 0 Å². The molecule has 4 aliphatic carbocycles. The van der Waals surface area contributed by atoms with E-state index >= 15 is 0 Å². The molecule has 1 aromatic rings. The third-order valence-electron chi connectivity index (χ3n) is 12.3. The highest BCUT2D eigenvalue weighted by atomic mass is 16.6. The predicted molar refractivity (Wildman–Crippen MR) is 149 cm³/mol. The molecule has 9 atom stereocenters. The van der Waals surface area contributed by atoms with Crippen LogP contribution in [0.15, 0.2) is 24.3 Å². The lowest BCUT2D eigenvalue weighted by molar-refractivity contribution is -0.385. The van der Waals surface area contributed by atoms with Gasteiger partial charge < -0.3 is 0 Å². The normalized spacial score (nSPS) is 40.1. The Hall–Kier alpha value is -1.71. The maximum absolute atomic E-state index is 13.4. The van der Waals surface area contributed by atoms with Gasteiger partial charge in [0.25, 0.3) is 5.69 Å². The zero-order valence-corrected chi connectivity index (χ0v) is 23.9. The van der Waals surface area contributed by atoms with Crippen LogP contribution in [0.1, 0.15) is 117 Å². The summed E-state index contributed by atoms with van der Waals surface area (Å²) in [6.45, 7) is 12.3. The van der Waals surface area contributed by atoms with E-state index in [4.69, 9.17) is 0 Å². The topological polar surface area (TPSA) is 60.2 Å². The van der Waals surface area contributed by atoms with Crippen LogP contribution < -0.4 is 0 Å². The molecule has 1 aromatic carbocycles. The maximum atomic E-state index is 13.4. The van der Waals surface area contributed by atoms with Crippen LogP contribution in [0.3, 0.4) is 0 Å². The van der Waals surface area contributed by atoms with Gasteiger partial charge in [-0.3, -0.25) is 14.9 Å². The Morgan fingerprint density at radius 1 is 0.919 bits per heavy atom. The third-order valence-corrected chi connectivity index (χ3v) is 12.3. The Kier molecular flexibility index (Phi) is 7.35. The van der Waals surface area contributed by atoms with Crippen molar-refractivity contribution in [2.75, 3.05) is 0 Å². The van der Waals surface area contributed by atoms with Gasteiger partial charge in [0.1, 0.15) is 5.78 Å². The van der Waals surface area contributed by atoms with Gasteiger partial charge in [0.2, 0.25) is 0 Å². The number of carbonyl (C=O) groups excluding carboxylic acids is 1. The SMILES string of the molecule is CC(C)CCC[C@@H](C)[C@H]1CC[C@H]2[C@@H]3CC[C@H]4C(c5ccccc5[N+](=O)[O-])C(=O)CC[C@]4(C)[C@H]3CC[C@]12C. The molecule has 4 heteroatoms. The van der Waals surface area contributed by atoms with E-state index < -0.39 is 0 Å². The molecule has 0 N–H and O–H groups in total. The highest BCUT2D eigenvalue weighted by Crippen LogP contribution is 2.69. The largest absolute Gasteiger partial charge is 0.299 e. The molecular formula is C33H49NO3. The molecule has 0 saturated heterocycles. The van der Waals surface area contributed by atoms with Crippen LogP contribution in [0, 0.1) is 62.4 Å². The zero-order chi connectivity index (χ0) is 26.5. The Morgan fingerprint density at radius 2 is 1.62 bits per heavy atom. The van der Waals surface area contributed by atoms with Crippen molar-refractivity contribution < 1.29 is 9.72 Å². The van der Waals surface area contributed by atoms with Crippen LogP contribution in [-0.4, -0.2) is 10.7 Å². The van der Waals surface area contributed by atoms with E-state index in [1.54, 1.807) is 12.1 Å². The first-order chi connectivity index (χ1) is 17.6. The number of nitro groups is 1. The molecule has 1 unspecified atom stereocenters. The quantitative estimate of drug-likeness (QED) is 0.273. The summed E-state index contributed by atoms with van der Waals surface area (Å²) in [7, 11) is 0. The molecule has 0 amide bonds. The number of para-hydroxylation sites is 1. The van der Waals surface area contributed by atoms with Crippen LogP contribution in [0.2, 0.25) is 0 Å². The number of rotatable bonds is 7. The predicted octanol–water partition coefficient (Wildman–Crippen LogP) is 8.98. The number of fused-ring (bicyclic) bond motifs is 5. The lowest BCUT2D eigenvalue weighted by Crippen LogP contribution is -2.55. The van der Waals surface area contributed by atoms with E-state index in [0.717, 1.165) is 42.4 Å². The number of nitrogens with zero attached hydrogens (tertiary/aromatic N) is 1. The molecule has 0 radical (unpaired) electrons. The van der Waals surface area contributed by atoms with Crippen molar-refractivity contribution in [2.45, 2.75) is 111 Å². The smallest absolute Gasteiger partial charge is 0.273 e. The van der Waals surface area contributed by atoms with E-state index in [2.05, 4.69) is 34.6 Å². The van der Waals surface area contributed by atoms with Gasteiger partial charge in [0, 0.05) is 18.1 Å². The first-order valence-corrected chi connectivity index (χ1v) is 15.3. The van der Waals surface area contributed by atoms with E-state index in [1.807, 2.05) is 12.1 Å². The lowest BCUT2D eigenvalue weighted by Gasteiger charge is -2.61. The standard InChI is InChI=1S/C33H49NO3/c1-21(2)9-8-10-22(3)25-15-16-26-23-13-14-28-31(24-11-6-7-12-29(24)34(36)37)30(35)18-20-33(28,5)27(23)17-19-32(25,26)4/h6-7,11-12,21-23,25-28,31H,8-10,13-20H2,1-5H3/t22-,23+,25-,26+,27+,28+,31?,32-,33-/m1/s1.